The second-order valence-corrected chi connectivity index (χ2v) is 3.90. The molecule has 2 aromatic rings. The first kappa shape index (κ1) is 9.79. The summed E-state index contributed by atoms with van der Waals surface area (Å²) in [6.45, 7) is 1.30. The Bertz CT molecular complexity index is 486. The summed E-state index contributed by atoms with van der Waals surface area (Å²) in [7, 11) is 0. The van der Waals surface area contributed by atoms with Crippen LogP contribution in [0.25, 0.3) is 10.2 Å². The van der Waals surface area contributed by atoms with Gasteiger partial charge in [-0.05, 0) is 12.1 Å². The molecule has 0 saturated heterocycles. The van der Waals surface area contributed by atoms with Crippen LogP contribution in [-0.4, -0.2) is 17.2 Å². The molecule has 0 aliphatic carbocycles. The molecule has 76 valence electrons. The van der Waals surface area contributed by atoms with Gasteiger partial charge in [0.25, 0.3) is 0 Å². The Morgan fingerprint density at radius 3 is 3.07 bits per heavy atom. The molecule has 0 aliphatic rings. The van der Waals surface area contributed by atoms with Gasteiger partial charge in [-0.15, -0.1) is 11.3 Å². The van der Waals surface area contributed by atoms with Gasteiger partial charge in [-0.25, -0.2) is 9.78 Å². The minimum Gasteiger partial charge on any atom is -0.319 e. The molecule has 0 N–H and O–H groups in total. The van der Waals surface area contributed by atoms with Crippen LogP contribution in [-0.2, 0) is 9.63 Å². The molecule has 1 aromatic carbocycles. The molecule has 0 spiro atoms. The number of rotatable bonds is 2. The Labute approximate surface area is 90.2 Å². The standard InChI is InChI=1S/C10H8N2O2S/c1-7(13)14-11-6-10-12-8-4-2-3-5-9(8)15-10/h2-6H,1H3/b11-6-. The van der Waals surface area contributed by atoms with Gasteiger partial charge in [0.15, 0.2) is 0 Å². The maximum atomic E-state index is 10.5. The van der Waals surface area contributed by atoms with E-state index >= 15 is 0 Å². The molecule has 0 saturated carbocycles. The molecule has 0 amide bonds. The molecule has 0 atom stereocenters. The molecule has 0 radical (unpaired) electrons. The average Bonchev–Trinajstić information content (AvgIpc) is 2.59. The van der Waals surface area contributed by atoms with E-state index in [1.807, 2.05) is 24.3 Å². The third-order valence-electron chi connectivity index (χ3n) is 1.65. The van der Waals surface area contributed by atoms with E-state index in [9.17, 15) is 4.79 Å². The number of thiazole rings is 1. The molecule has 0 bridgehead atoms. The lowest BCUT2D eigenvalue weighted by molar-refractivity contribution is -0.140. The Balaban J connectivity index is 2.22. The fraction of sp³-hybridized carbons (Fsp3) is 0.100. The minimum absolute atomic E-state index is 0.438. The molecule has 0 fully saturated rings. The number of carbonyl (C=O) groups is 1. The SMILES string of the molecule is CC(=O)O/N=C\c1nc2ccccc2s1. The third-order valence-corrected chi connectivity index (χ3v) is 2.63. The Morgan fingerprint density at radius 2 is 2.33 bits per heavy atom. The molecule has 5 heteroatoms. The quantitative estimate of drug-likeness (QED) is 0.443. The van der Waals surface area contributed by atoms with Gasteiger partial charge in [0, 0.05) is 6.92 Å². The van der Waals surface area contributed by atoms with Crippen LogP contribution in [0.5, 0.6) is 0 Å². The summed E-state index contributed by atoms with van der Waals surface area (Å²) in [6.07, 6.45) is 1.44. The lowest BCUT2D eigenvalue weighted by Crippen LogP contribution is -1.91. The van der Waals surface area contributed by atoms with Gasteiger partial charge in [0.2, 0.25) is 0 Å². The van der Waals surface area contributed by atoms with Gasteiger partial charge < -0.3 is 4.84 Å². The number of aromatic nitrogens is 1. The predicted octanol–water partition coefficient (Wildman–Crippen LogP) is 2.19. The highest BCUT2D eigenvalue weighted by atomic mass is 32.1. The second-order valence-electron chi connectivity index (χ2n) is 2.84. The number of para-hydroxylation sites is 1. The molecule has 2 rings (SSSR count). The average molecular weight is 220 g/mol. The molecule has 15 heavy (non-hydrogen) atoms. The summed E-state index contributed by atoms with van der Waals surface area (Å²) in [4.78, 5) is 19.2. The predicted molar refractivity (Wildman–Crippen MR) is 59.0 cm³/mol. The molecule has 0 unspecified atom stereocenters. The topological polar surface area (TPSA) is 51.5 Å². The van der Waals surface area contributed by atoms with Gasteiger partial charge in [0.1, 0.15) is 11.2 Å². The smallest absolute Gasteiger partial charge is 0.319 e. The van der Waals surface area contributed by atoms with E-state index in [2.05, 4.69) is 15.0 Å². The number of fused-ring (bicyclic) bond motifs is 1. The summed E-state index contributed by atoms with van der Waals surface area (Å²) in [6, 6.07) is 7.79. The van der Waals surface area contributed by atoms with Crippen LogP contribution in [0.2, 0.25) is 0 Å². The fourth-order valence-electron chi connectivity index (χ4n) is 1.09. The minimum atomic E-state index is -0.438. The molecule has 1 heterocycles. The van der Waals surface area contributed by atoms with Crippen molar-refractivity contribution in [3.8, 4) is 0 Å². The van der Waals surface area contributed by atoms with E-state index in [0.717, 1.165) is 15.2 Å². The summed E-state index contributed by atoms with van der Waals surface area (Å²) < 4.78 is 1.08. The van der Waals surface area contributed by atoms with Crippen LogP contribution in [0, 0.1) is 0 Å². The number of nitrogens with zero attached hydrogens (tertiary/aromatic N) is 2. The van der Waals surface area contributed by atoms with E-state index in [4.69, 9.17) is 0 Å². The van der Waals surface area contributed by atoms with E-state index in [-0.39, 0.29) is 0 Å². The number of hydrogen-bond acceptors (Lipinski definition) is 5. The van der Waals surface area contributed by atoms with Crippen molar-refractivity contribution in [1.82, 2.24) is 4.98 Å². The zero-order valence-electron chi connectivity index (χ0n) is 8.01. The van der Waals surface area contributed by atoms with Crippen molar-refractivity contribution < 1.29 is 9.63 Å². The van der Waals surface area contributed by atoms with Crippen LogP contribution < -0.4 is 0 Å². The van der Waals surface area contributed by atoms with Crippen molar-refractivity contribution in [2.45, 2.75) is 6.92 Å². The van der Waals surface area contributed by atoms with Gasteiger partial charge in [0.05, 0.1) is 10.2 Å². The van der Waals surface area contributed by atoms with Crippen molar-refractivity contribution in [2.24, 2.45) is 5.16 Å². The maximum absolute atomic E-state index is 10.5. The van der Waals surface area contributed by atoms with Crippen LogP contribution in [0.1, 0.15) is 11.9 Å². The molecular formula is C10H8N2O2S. The second kappa shape index (κ2) is 4.18. The lowest BCUT2D eigenvalue weighted by atomic mass is 10.3. The van der Waals surface area contributed by atoms with Crippen molar-refractivity contribution >= 4 is 33.7 Å². The number of oxime groups is 1. The lowest BCUT2D eigenvalue weighted by Gasteiger charge is -1.85. The zero-order valence-corrected chi connectivity index (χ0v) is 8.82. The Morgan fingerprint density at radius 1 is 1.53 bits per heavy atom. The number of benzene rings is 1. The van der Waals surface area contributed by atoms with Crippen molar-refractivity contribution in [1.29, 1.82) is 0 Å². The Kier molecular flexibility index (Phi) is 2.73. The van der Waals surface area contributed by atoms with Gasteiger partial charge >= 0.3 is 5.97 Å². The maximum Gasteiger partial charge on any atom is 0.331 e. The number of carbonyl (C=O) groups excluding carboxylic acids is 1. The zero-order chi connectivity index (χ0) is 10.7. The normalized spacial score (nSPS) is 11.0. The van der Waals surface area contributed by atoms with Crippen molar-refractivity contribution in [2.75, 3.05) is 0 Å². The third kappa shape index (κ3) is 2.38. The van der Waals surface area contributed by atoms with Crippen LogP contribution in [0.3, 0.4) is 0 Å². The summed E-state index contributed by atoms with van der Waals surface area (Å²) >= 11 is 1.50. The first-order valence-electron chi connectivity index (χ1n) is 4.32. The summed E-state index contributed by atoms with van der Waals surface area (Å²) in [5.74, 6) is -0.438. The van der Waals surface area contributed by atoms with Crippen molar-refractivity contribution in [3.05, 3.63) is 29.3 Å². The Hall–Kier alpha value is -1.75. The monoisotopic (exact) mass is 220 g/mol. The fourth-order valence-corrected chi connectivity index (χ4v) is 1.92. The molecule has 4 nitrogen and oxygen atoms in total. The van der Waals surface area contributed by atoms with Crippen LogP contribution in [0.4, 0.5) is 0 Å². The molecule has 0 aliphatic heterocycles. The van der Waals surface area contributed by atoms with E-state index in [1.54, 1.807) is 0 Å². The van der Waals surface area contributed by atoms with E-state index < -0.39 is 5.97 Å². The molecule has 1 aromatic heterocycles. The van der Waals surface area contributed by atoms with Crippen molar-refractivity contribution in [3.63, 3.8) is 0 Å². The molecular weight excluding hydrogens is 212 g/mol. The number of hydrogen-bond donors (Lipinski definition) is 0. The van der Waals surface area contributed by atoms with Gasteiger partial charge in [-0.2, -0.15) is 0 Å². The van der Waals surface area contributed by atoms with Crippen LogP contribution in [0.15, 0.2) is 29.4 Å². The van der Waals surface area contributed by atoms with Gasteiger partial charge in [-0.3, -0.25) is 0 Å². The van der Waals surface area contributed by atoms with E-state index in [1.165, 1.54) is 24.5 Å². The highest BCUT2D eigenvalue weighted by Crippen LogP contribution is 2.19. The van der Waals surface area contributed by atoms with Crippen LogP contribution >= 0.6 is 11.3 Å². The summed E-state index contributed by atoms with van der Waals surface area (Å²) in [5.41, 5.74) is 0.923. The highest BCUT2D eigenvalue weighted by Gasteiger charge is 2.00. The van der Waals surface area contributed by atoms with E-state index in [0.29, 0.717) is 0 Å². The summed E-state index contributed by atoms with van der Waals surface area (Å²) in [5, 5.41) is 4.23. The largest absolute Gasteiger partial charge is 0.331 e. The first-order valence-corrected chi connectivity index (χ1v) is 5.14. The first-order chi connectivity index (χ1) is 7.25. The highest BCUT2D eigenvalue weighted by molar-refractivity contribution is 7.20. The van der Waals surface area contributed by atoms with Gasteiger partial charge in [-0.1, -0.05) is 17.3 Å².